The number of carbonyl (C=O) groups excluding carboxylic acids is 1. The zero-order valence-electron chi connectivity index (χ0n) is 15.3. The summed E-state index contributed by atoms with van der Waals surface area (Å²) in [6.07, 6.45) is 0. The van der Waals surface area contributed by atoms with Gasteiger partial charge in [0, 0.05) is 6.54 Å². The summed E-state index contributed by atoms with van der Waals surface area (Å²) in [4.78, 5) is 14.3. The summed E-state index contributed by atoms with van der Waals surface area (Å²) in [5.74, 6) is 0.812. The van der Waals surface area contributed by atoms with E-state index in [9.17, 15) is 4.79 Å². The molecule has 0 saturated carbocycles. The zero-order valence-corrected chi connectivity index (χ0v) is 15.3. The van der Waals surface area contributed by atoms with Crippen LogP contribution in [0.1, 0.15) is 30.1 Å². The topological polar surface area (TPSA) is 53.6 Å². The Labute approximate surface area is 150 Å². The summed E-state index contributed by atoms with van der Waals surface area (Å²) in [7, 11) is 5.65. The summed E-state index contributed by atoms with van der Waals surface area (Å²) in [6.45, 7) is 2.48. The van der Waals surface area contributed by atoms with E-state index in [1.165, 1.54) is 0 Å². The first-order valence-electron chi connectivity index (χ1n) is 8.41. The lowest BCUT2D eigenvalue weighted by Gasteiger charge is -2.26. The minimum absolute atomic E-state index is 0.0455. The van der Waals surface area contributed by atoms with Gasteiger partial charge < -0.3 is 20.3 Å². The predicted octanol–water partition coefficient (Wildman–Crippen LogP) is 3.36. The van der Waals surface area contributed by atoms with E-state index in [1.807, 2.05) is 75.6 Å². The number of rotatable bonds is 7. The Morgan fingerprint density at radius 1 is 1.08 bits per heavy atom. The number of hydrogen-bond donors (Lipinski definition) is 2. The highest BCUT2D eigenvalue weighted by atomic mass is 16.5. The molecule has 0 spiro atoms. The van der Waals surface area contributed by atoms with E-state index in [1.54, 1.807) is 7.11 Å². The molecule has 0 saturated heterocycles. The molecule has 2 unspecified atom stereocenters. The molecule has 5 nitrogen and oxygen atoms in total. The molecule has 0 fully saturated rings. The number of likely N-dealkylation sites (N-methyl/N-ethyl adjacent to an activating group) is 1. The van der Waals surface area contributed by atoms with Gasteiger partial charge >= 0.3 is 6.03 Å². The van der Waals surface area contributed by atoms with Gasteiger partial charge in [-0.1, -0.05) is 42.5 Å². The molecule has 0 aromatic heterocycles. The number of amides is 2. The average Bonchev–Trinajstić information content (AvgIpc) is 2.62. The van der Waals surface area contributed by atoms with E-state index < -0.39 is 0 Å². The lowest BCUT2D eigenvalue weighted by Crippen LogP contribution is -2.41. The fourth-order valence-electron chi connectivity index (χ4n) is 2.71. The van der Waals surface area contributed by atoms with Crippen LogP contribution in [0, 0.1) is 0 Å². The van der Waals surface area contributed by atoms with Crippen molar-refractivity contribution in [2.75, 3.05) is 27.7 Å². The number of hydrogen-bond acceptors (Lipinski definition) is 3. The maximum atomic E-state index is 12.2. The number of nitrogens with one attached hydrogen (secondary N) is 2. The largest absolute Gasteiger partial charge is 0.497 e. The van der Waals surface area contributed by atoms with Gasteiger partial charge in [0.05, 0.1) is 19.2 Å². The van der Waals surface area contributed by atoms with Crippen molar-refractivity contribution in [1.82, 2.24) is 15.5 Å². The van der Waals surface area contributed by atoms with Crippen LogP contribution >= 0.6 is 0 Å². The van der Waals surface area contributed by atoms with Crippen molar-refractivity contribution in [3.05, 3.63) is 65.7 Å². The number of ether oxygens (including phenoxy) is 1. The first-order valence-corrected chi connectivity index (χ1v) is 8.41. The molecule has 134 valence electrons. The molecule has 2 amide bonds. The second kappa shape index (κ2) is 9.08. The molecule has 2 aromatic carbocycles. The summed E-state index contributed by atoms with van der Waals surface area (Å²) < 4.78 is 5.29. The lowest BCUT2D eigenvalue weighted by molar-refractivity contribution is 0.230. The van der Waals surface area contributed by atoms with Crippen LogP contribution in [0.5, 0.6) is 5.75 Å². The molecule has 5 heteroatoms. The third kappa shape index (κ3) is 5.50. The molecule has 0 bridgehead atoms. The normalized spacial score (nSPS) is 13.2. The minimum Gasteiger partial charge on any atom is -0.497 e. The Hall–Kier alpha value is -2.53. The van der Waals surface area contributed by atoms with Crippen molar-refractivity contribution in [2.24, 2.45) is 0 Å². The Morgan fingerprint density at radius 2 is 1.76 bits per heavy atom. The molecule has 2 rings (SSSR count). The molecule has 0 aliphatic heterocycles. The average molecular weight is 341 g/mol. The molecule has 2 atom stereocenters. The van der Waals surface area contributed by atoms with Crippen molar-refractivity contribution in [3.63, 3.8) is 0 Å². The van der Waals surface area contributed by atoms with Crippen LogP contribution in [0.25, 0.3) is 0 Å². The Bertz CT molecular complexity index is 674. The third-order valence-corrected chi connectivity index (χ3v) is 4.21. The number of urea groups is 1. The molecule has 2 aromatic rings. The number of methoxy groups -OCH3 is 1. The van der Waals surface area contributed by atoms with Gasteiger partial charge in [0.1, 0.15) is 5.75 Å². The van der Waals surface area contributed by atoms with Crippen LogP contribution in [0.4, 0.5) is 4.79 Å². The van der Waals surface area contributed by atoms with E-state index in [-0.39, 0.29) is 18.1 Å². The molecule has 25 heavy (non-hydrogen) atoms. The first-order chi connectivity index (χ1) is 12.0. The van der Waals surface area contributed by atoms with Gasteiger partial charge in [-0.3, -0.25) is 0 Å². The van der Waals surface area contributed by atoms with Gasteiger partial charge in [0.15, 0.2) is 0 Å². The summed E-state index contributed by atoms with van der Waals surface area (Å²) in [5, 5.41) is 5.94. The molecule has 0 aliphatic rings. The number of benzene rings is 2. The third-order valence-electron chi connectivity index (χ3n) is 4.21. The number of nitrogens with zero attached hydrogens (tertiary/aromatic N) is 1. The summed E-state index contributed by atoms with van der Waals surface area (Å²) in [5.41, 5.74) is 2.18. The maximum Gasteiger partial charge on any atom is 0.315 e. The highest BCUT2D eigenvalue weighted by Crippen LogP contribution is 2.22. The number of carbonyl (C=O) groups is 1. The van der Waals surface area contributed by atoms with Crippen molar-refractivity contribution in [2.45, 2.75) is 19.0 Å². The van der Waals surface area contributed by atoms with Gasteiger partial charge in [0.2, 0.25) is 0 Å². The van der Waals surface area contributed by atoms with Crippen molar-refractivity contribution >= 4 is 6.03 Å². The van der Waals surface area contributed by atoms with Crippen molar-refractivity contribution in [1.29, 1.82) is 0 Å². The second-order valence-corrected chi connectivity index (χ2v) is 6.24. The van der Waals surface area contributed by atoms with Crippen LogP contribution in [0.3, 0.4) is 0 Å². The van der Waals surface area contributed by atoms with E-state index in [2.05, 4.69) is 15.5 Å². The van der Waals surface area contributed by atoms with E-state index in [4.69, 9.17) is 4.74 Å². The monoisotopic (exact) mass is 341 g/mol. The van der Waals surface area contributed by atoms with Crippen LogP contribution < -0.4 is 15.4 Å². The molecule has 0 aliphatic carbocycles. The summed E-state index contributed by atoms with van der Waals surface area (Å²) >= 11 is 0. The molecular formula is C20H27N3O2. The van der Waals surface area contributed by atoms with Crippen LogP contribution in [-0.2, 0) is 0 Å². The van der Waals surface area contributed by atoms with Crippen molar-refractivity contribution in [3.8, 4) is 5.75 Å². The lowest BCUT2D eigenvalue weighted by atomic mass is 10.1. The van der Waals surface area contributed by atoms with Crippen LogP contribution in [0.2, 0.25) is 0 Å². The van der Waals surface area contributed by atoms with Gasteiger partial charge in [-0.2, -0.15) is 0 Å². The van der Waals surface area contributed by atoms with E-state index in [0.29, 0.717) is 6.54 Å². The van der Waals surface area contributed by atoms with Crippen molar-refractivity contribution < 1.29 is 9.53 Å². The quantitative estimate of drug-likeness (QED) is 0.812. The van der Waals surface area contributed by atoms with Crippen LogP contribution in [0.15, 0.2) is 54.6 Å². The van der Waals surface area contributed by atoms with Gasteiger partial charge in [-0.25, -0.2) is 4.79 Å². The maximum absolute atomic E-state index is 12.2. The Morgan fingerprint density at radius 3 is 2.40 bits per heavy atom. The fourth-order valence-corrected chi connectivity index (χ4v) is 2.71. The molecule has 0 radical (unpaired) electrons. The smallest absolute Gasteiger partial charge is 0.315 e. The second-order valence-electron chi connectivity index (χ2n) is 6.24. The Balaban J connectivity index is 1.95. The van der Waals surface area contributed by atoms with Gasteiger partial charge in [-0.15, -0.1) is 0 Å². The molecular weight excluding hydrogens is 314 g/mol. The SMILES string of the molecule is COc1cccc(C(CNC(=O)NC(C)c2ccccc2)N(C)C)c1. The standard InChI is InChI=1S/C20H27N3O2/c1-15(16-9-6-5-7-10-16)22-20(24)21-14-19(23(2)3)17-11-8-12-18(13-17)25-4/h5-13,15,19H,14H2,1-4H3,(H2,21,22,24). The predicted molar refractivity (Wildman–Crippen MR) is 101 cm³/mol. The van der Waals surface area contributed by atoms with E-state index in [0.717, 1.165) is 16.9 Å². The minimum atomic E-state index is -0.175. The van der Waals surface area contributed by atoms with Gasteiger partial charge in [-0.05, 0) is 44.3 Å². The molecule has 0 heterocycles. The first kappa shape index (κ1) is 18.8. The summed E-state index contributed by atoms with van der Waals surface area (Å²) in [6, 6.07) is 17.7. The molecule has 2 N–H and O–H groups in total. The van der Waals surface area contributed by atoms with E-state index >= 15 is 0 Å². The fraction of sp³-hybridized carbons (Fsp3) is 0.350. The zero-order chi connectivity index (χ0) is 18.2. The highest BCUT2D eigenvalue weighted by molar-refractivity contribution is 5.74. The van der Waals surface area contributed by atoms with Crippen LogP contribution in [-0.4, -0.2) is 38.7 Å². The van der Waals surface area contributed by atoms with Gasteiger partial charge in [0.25, 0.3) is 0 Å². The Kier molecular flexibility index (Phi) is 6.83. The highest BCUT2D eigenvalue weighted by Gasteiger charge is 2.17.